The Hall–Kier alpha value is -0.990. The molecule has 0 aliphatic carbocycles. The standard InChI is InChI=1S/C13H17BrN2O4S/c1-2-20-13(17)10-3-5-16(6-4-10)21(18,19)12-7-11(14)8-15-9-12/h7-10H,2-6H2,1H3. The van der Waals surface area contributed by atoms with Crippen LogP contribution in [0.3, 0.4) is 0 Å². The first-order valence-electron chi connectivity index (χ1n) is 6.72. The second-order valence-corrected chi connectivity index (χ2v) is 7.62. The van der Waals surface area contributed by atoms with E-state index in [9.17, 15) is 13.2 Å². The van der Waals surface area contributed by atoms with Crippen molar-refractivity contribution in [2.75, 3.05) is 19.7 Å². The lowest BCUT2D eigenvalue weighted by molar-refractivity contribution is -0.149. The topological polar surface area (TPSA) is 76.6 Å². The first kappa shape index (κ1) is 16.4. The van der Waals surface area contributed by atoms with Crippen LogP contribution in [0.1, 0.15) is 19.8 Å². The van der Waals surface area contributed by atoms with E-state index in [0.29, 0.717) is 37.0 Å². The third-order valence-corrected chi connectivity index (χ3v) is 5.69. The smallest absolute Gasteiger partial charge is 0.309 e. The van der Waals surface area contributed by atoms with Gasteiger partial charge in [0.05, 0.1) is 12.5 Å². The first-order chi connectivity index (χ1) is 9.95. The van der Waals surface area contributed by atoms with Crippen molar-refractivity contribution in [3.63, 3.8) is 0 Å². The van der Waals surface area contributed by atoms with Crippen LogP contribution in [0.25, 0.3) is 0 Å². The summed E-state index contributed by atoms with van der Waals surface area (Å²) in [6.45, 7) is 2.75. The monoisotopic (exact) mass is 376 g/mol. The Morgan fingerprint density at radius 2 is 2.10 bits per heavy atom. The Balaban J connectivity index is 2.06. The van der Waals surface area contributed by atoms with Gasteiger partial charge in [0, 0.05) is 30.0 Å². The molecule has 1 fully saturated rings. The molecule has 0 atom stereocenters. The van der Waals surface area contributed by atoms with E-state index in [-0.39, 0.29) is 16.8 Å². The van der Waals surface area contributed by atoms with Crippen molar-refractivity contribution in [2.45, 2.75) is 24.7 Å². The lowest BCUT2D eigenvalue weighted by atomic mass is 9.98. The molecule has 116 valence electrons. The minimum atomic E-state index is -3.56. The lowest BCUT2D eigenvalue weighted by Gasteiger charge is -2.29. The molecular weight excluding hydrogens is 360 g/mol. The maximum Gasteiger partial charge on any atom is 0.309 e. The molecule has 0 spiro atoms. The quantitative estimate of drug-likeness (QED) is 0.748. The van der Waals surface area contributed by atoms with Crippen molar-refractivity contribution < 1.29 is 17.9 Å². The molecule has 1 saturated heterocycles. The van der Waals surface area contributed by atoms with Crippen LogP contribution in [-0.4, -0.2) is 43.4 Å². The Morgan fingerprint density at radius 3 is 2.67 bits per heavy atom. The van der Waals surface area contributed by atoms with Crippen molar-refractivity contribution in [1.29, 1.82) is 0 Å². The number of rotatable bonds is 4. The number of ether oxygens (including phenoxy) is 1. The normalized spacial score (nSPS) is 17.6. The van der Waals surface area contributed by atoms with E-state index in [1.165, 1.54) is 22.8 Å². The number of sulfonamides is 1. The molecule has 1 aliphatic heterocycles. The molecular formula is C13H17BrN2O4S. The Labute approximate surface area is 132 Å². The molecule has 0 radical (unpaired) electrons. The van der Waals surface area contributed by atoms with Crippen LogP contribution in [0.15, 0.2) is 27.8 Å². The van der Waals surface area contributed by atoms with Gasteiger partial charge in [0.2, 0.25) is 10.0 Å². The fourth-order valence-electron chi connectivity index (χ4n) is 2.27. The maximum atomic E-state index is 12.5. The molecule has 2 heterocycles. The molecule has 6 nitrogen and oxygen atoms in total. The van der Waals surface area contributed by atoms with Crippen molar-refractivity contribution in [3.8, 4) is 0 Å². The first-order valence-corrected chi connectivity index (χ1v) is 8.95. The minimum Gasteiger partial charge on any atom is -0.466 e. The van der Waals surface area contributed by atoms with E-state index in [0.717, 1.165) is 0 Å². The third-order valence-electron chi connectivity index (χ3n) is 3.39. The highest BCUT2D eigenvalue weighted by molar-refractivity contribution is 9.10. The number of aromatic nitrogens is 1. The highest BCUT2D eigenvalue weighted by Gasteiger charge is 2.32. The molecule has 0 aromatic carbocycles. The van der Waals surface area contributed by atoms with Gasteiger partial charge in [0.25, 0.3) is 0 Å². The molecule has 0 N–H and O–H groups in total. The van der Waals surface area contributed by atoms with Crippen LogP contribution in [0.5, 0.6) is 0 Å². The molecule has 8 heteroatoms. The maximum absolute atomic E-state index is 12.5. The highest BCUT2D eigenvalue weighted by Crippen LogP contribution is 2.25. The number of esters is 1. The Morgan fingerprint density at radius 1 is 1.43 bits per heavy atom. The SMILES string of the molecule is CCOC(=O)C1CCN(S(=O)(=O)c2cncc(Br)c2)CC1. The second-order valence-electron chi connectivity index (χ2n) is 4.77. The molecule has 0 amide bonds. The van der Waals surface area contributed by atoms with Gasteiger partial charge in [0.15, 0.2) is 0 Å². The predicted octanol–water partition coefficient (Wildman–Crippen LogP) is 1.81. The summed E-state index contributed by atoms with van der Waals surface area (Å²) in [6.07, 6.45) is 3.84. The summed E-state index contributed by atoms with van der Waals surface area (Å²) >= 11 is 3.22. The largest absolute Gasteiger partial charge is 0.466 e. The van der Waals surface area contributed by atoms with Crippen molar-refractivity contribution >= 4 is 31.9 Å². The van der Waals surface area contributed by atoms with E-state index in [4.69, 9.17) is 4.74 Å². The predicted molar refractivity (Wildman–Crippen MR) is 80.1 cm³/mol. The molecule has 2 rings (SSSR count). The molecule has 21 heavy (non-hydrogen) atoms. The number of carbonyl (C=O) groups excluding carboxylic acids is 1. The fraction of sp³-hybridized carbons (Fsp3) is 0.538. The van der Waals surface area contributed by atoms with Gasteiger partial charge in [-0.15, -0.1) is 0 Å². The zero-order valence-corrected chi connectivity index (χ0v) is 14.1. The summed E-state index contributed by atoms with van der Waals surface area (Å²) < 4.78 is 32.0. The van der Waals surface area contributed by atoms with Crippen molar-refractivity contribution in [2.24, 2.45) is 5.92 Å². The number of nitrogens with zero attached hydrogens (tertiary/aromatic N) is 2. The number of halogens is 1. The van der Waals surface area contributed by atoms with E-state index in [2.05, 4.69) is 20.9 Å². The number of hydrogen-bond donors (Lipinski definition) is 0. The van der Waals surface area contributed by atoms with Crippen LogP contribution >= 0.6 is 15.9 Å². The average molecular weight is 377 g/mol. The lowest BCUT2D eigenvalue weighted by Crippen LogP contribution is -2.40. The van der Waals surface area contributed by atoms with Gasteiger partial charge in [-0.1, -0.05) is 0 Å². The van der Waals surface area contributed by atoms with Crippen molar-refractivity contribution in [1.82, 2.24) is 9.29 Å². The van der Waals surface area contributed by atoms with Gasteiger partial charge in [-0.25, -0.2) is 8.42 Å². The summed E-state index contributed by atoms with van der Waals surface area (Å²) in [5.41, 5.74) is 0. The number of carbonyl (C=O) groups is 1. The summed E-state index contributed by atoms with van der Waals surface area (Å²) in [4.78, 5) is 15.7. The van der Waals surface area contributed by atoms with E-state index >= 15 is 0 Å². The van der Waals surface area contributed by atoms with E-state index < -0.39 is 10.0 Å². The summed E-state index contributed by atoms with van der Waals surface area (Å²) in [7, 11) is -3.56. The van der Waals surface area contributed by atoms with Gasteiger partial charge >= 0.3 is 5.97 Å². The molecule has 0 saturated carbocycles. The second kappa shape index (κ2) is 6.85. The van der Waals surface area contributed by atoms with Gasteiger partial charge in [-0.3, -0.25) is 9.78 Å². The van der Waals surface area contributed by atoms with Crippen LogP contribution in [-0.2, 0) is 19.6 Å². The number of pyridine rings is 1. The molecule has 0 unspecified atom stereocenters. The molecule has 1 aromatic rings. The van der Waals surface area contributed by atoms with Gasteiger partial charge in [-0.2, -0.15) is 4.31 Å². The van der Waals surface area contributed by atoms with Gasteiger partial charge in [0.1, 0.15) is 4.90 Å². The van der Waals surface area contributed by atoms with Crippen molar-refractivity contribution in [3.05, 3.63) is 22.9 Å². The van der Waals surface area contributed by atoms with Crippen LogP contribution in [0, 0.1) is 5.92 Å². The summed E-state index contributed by atoms with van der Waals surface area (Å²) in [6, 6.07) is 1.53. The zero-order valence-electron chi connectivity index (χ0n) is 11.7. The summed E-state index contributed by atoms with van der Waals surface area (Å²) in [5.74, 6) is -0.448. The van der Waals surface area contributed by atoms with Crippen LogP contribution < -0.4 is 0 Å². The van der Waals surface area contributed by atoms with Gasteiger partial charge in [-0.05, 0) is 41.8 Å². The van der Waals surface area contributed by atoms with Crippen LogP contribution in [0.2, 0.25) is 0 Å². The van der Waals surface area contributed by atoms with E-state index in [1.54, 1.807) is 6.92 Å². The third kappa shape index (κ3) is 3.81. The Kier molecular flexibility index (Phi) is 5.34. The minimum absolute atomic E-state index is 0.159. The zero-order chi connectivity index (χ0) is 15.5. The number of hydrogen-bond acceptors (Lipinski definition) is 5. The number of piperidine rings is 1. The summed E-state index contributed by atoms with van der Waals surface area (Å²) in [5, 5.41) is 0. The fourth-order valence-corrected chi connectivity index (χ4v) is 4.25. The Bertz CT molecular complexity index is 612. The highest BCUT2D eigenvalue weighted by atomic mass is 79.9. The van der Waals surface area contributed by atoms with E-state index in [1.807, 2.05) is 0 Å². The average Bonchev–Trinajstić information content (AvgIpc) is 2.47. The molecule has 1 aromatic heterocycles. The molecule has 1 aliphatic rings. The molecule has 0 bridgehead atoms. The van der Waals surface area contributed by atoms with Gasteiger partial charge < -0.3 is 4.74 Å². The van der Waals surface area contributed by atoms with Crippen LogP contribution in [0.4, 0.5) is 0 Å².